The number of hydrogen-bond donors (Lipinski definition) is 1. The molecule has 5 heteroatoms. The summed E-state index contributed by atoms with van der Waals surface area (Å²) >= 11 is 0. The van der Waals surface area contributed by atoms with Gasteiger partial charge in [-0.1, -0.05) is 6.07 Å². The van der Waals surface area contributed by atoms with Gasteiger partial charge in [-0.2, -0.15) is 0 Å². The normalized spacial score (nSPS) is 21.6. The van der Waals surface area contributed by atoms with Crippen molar-refractivity contribution in [1.82, 2.24) is 5.32 Å². The minimum atomic E-state index is -0.357. The molecule has 1 aliphatic heterocycles. The first kappa shape index (κ1) is 14.2. The van der Waals surface area contributed by atoms with Crippen molar-refractivity contribution in [3.63, 3.8) is 0 Å². The van der Waals surface area contributed by atoms with Crippen LogP contribution in [0.3, 0.4) is 0 Å². The lowest BCUT2D eigenvalue weighted by molar-refractivity contribution is 0.122. The Hall–Kier alpha value is -1.75. The van der Waals surface area contributed by atoms with Gasteiger partial charge in [0.1, 0.15) is 0 Å². The van der Waals surface area contributed by atoms with Crippen molar-refractivity contribution in [2.75, 3.05) is 38.3 Å². The predicted molar refractivity (Wildman–Crippen MR) is 80.7 cm³/mol. The monoisotopic (exact) mass is 290 g/mol. The highest BCUT2D eigenvalue weighted by atomic mass is 16.5. The Bertz CT molecular complexity index is 512. The maximum atomic E-state index is 11.5. The largest absolute Gasteiger partial charge is 0.453 e. The summed E-state index contributed by atoms with van der Waals surface area (Å²) in [7, 11) is 1.41. The lowest BCUT2D eigenvalue weighted by atomic mass is 9.87. The molecule has 1 amide bonds. The van der Waals surface area contributed by atoms with Gasteiger partial charge in [0.2, 0.25) is 0 Å². The molecular formula is C16H22N2O3. The number of carbonyl (C=O) groups excluding carboxylic acids is 1. The zero-order valence-corrected chi connectivity index (χ0v) is 12.4. The van der Waals surface area contributed by atoms with E-state index in [1.165, 1.54) is 23.9 Å². The quantitative estimate of drug-likeness (QED) is 0.907. The van der Waals surface area contributed by atoms with E-state index < -0.39 is 0 Å². The van der Waals surface area contributed by atoms with Gasteiger partial charge in [0, 0.05) is 18.8 Å². The lowest BCUT2D eigenvalue weighted by Gasteiger charge is -2.32. The number of aryl methyl sites for hydroxylation is 1. The van der Waals surface area contributed by atoms with Crippen molar-refractivity contribution in [1.29, 1.82) is 0 Å². The summed E-state index contributed by atoms with van der Waals surface area (Å²) in [5, 5.41) is 2.95. The number of carbonyl (C=O) groups is 1. The first-order valence-corrected chi connectivity index (χ1v) is 7.58. The van der Waals surface area contributed by atoms with E-state index in [1.807, 2.05) is 0 Å². The number of nitrogens with one attached hydrogen (secondary N) is 1. The molecule has 1 saturated heterocycles. The molecule has 114 valence electrons. The molecule has 21 heavy (non-hydrogen) atoms. The zero-order valence-electron chi connectivity index (χ0n) is 12.4. The average Bonchev–Trinajstić information content (AvgIpc) is 2.55. The van der Waals surface area contributed by atoms with Crippen molar-refractivity contribution < 1.29 is 14.3 Å². The molecule has 0 bridgehead atoms. The fourth-order valence-corrected chi connectivity index (χ4v) is 3.16. The number of hydrogen-bond acceptors (Lipinski definition) is 4. The summed E-state index contributed by atoms with van der Waals surface area (Å²) in [6.45, 7) is 3.41. The maximum absolute atomic E-state index is 11.5. The van der Waals surface area contributed by atoms with Crippen LogP contribution in [0.25, 0.3) is 0 Å². The average molecular weight is 290 g/mol. The molecule has 0 aromatic heterocycles. The smallest absolute Gasteiger partial charge is 0.407 e. The van der Waals surface area contributed by atoms with Crippen LogP contribution in [0, 0.1) is 0 Å². The summed E-state index contributed by atoms with van der Waals surface area (Å²) in [5.41, 5.74) is 3.78. The van der Waals surface area contributed by atoms with E-state index in [9.17, 15) is 4.79 Å². The predicted octanol–water partition coefficient (Wildman–Crippen LogP) is 2.26. The Kier molecular flexibility index (Phi) is 4.29. The second kappa shape index (κ2) is 6.35. The van der Waals surface area contributed by atoms with Gasteiger partial charge < -0.3 is 19.7 Å². The molecule has 1 N–H and O–H groups in total. The Labute approximate surface area is 125 Å². The van der Waals surface area contributed by atoms with E-state index in [0.717, 1.165) is 45.6 Å². The number of ether oxygens (including phenoxy) is 2. The van der Waals surface area contributed by atoms with Gasteiger partial charge in [-0.25, -0.2) is 4.79 Å². The van der Waals surface area contributed by atoms with Crippen LogP contribution in [0.2, 0.25) is 0 Å². The summed E-state index contributed by atoms with van der Waals surface area (Å²) in [5.74, 6) is 0. The number of nitrogens with zero attached hydrogens (tertiary/aromatic N) is 1. The third-order valence-electron chi connectivity index (χ3n) is 4.30. The number of anilines is 1. The number of morpholine rings is 1. The Balaban J connectivity index is 1.83. The molecule has 1 unspecified atom stereocenters. The molecular weight excluding hydrogens is 268 g/mol. The summed E-state index contributed by atoms with van der Waals surface area (Å²) in [4.78, 5) is 13.9. The first-order chi connectivity index (χ1) is 10.3. The van der Waals surface area contributed by atoms with Crippen molar-refractivity contribution in [2.24, 2.45) is 0 Å². The van der Waals surface area contributed by atoms with E-state index in [0.29, 0.717) is 0 Å². The standard InChI is InChI=1S/C16H22N2O3/c1-20-16(19)17-15-4-2-3-12-5-6-13(11-14(12)15)18-7-9-21-10-8-18/h5-6,11,15H,2-4,7-10H2,1H3,(H,17,19). The van der Waals surface area contributed by atoms with Crippen molar-refractivity contribution in [3.8, 4) is 0 Å². The molecule has 1 atom stereocenters. The van der Waals surface area contributed by atoms with E-state index in [-0.39, 0.29) is 12.1 Å². The number of alkyl carbamates (subject to hydrolysis) is 1. The molecule has 0 radical (unpaired) electrons. The summed E-state index contributed by atoms with van der Waals surface area (Å²) in [6, 6.07) is 6.67. The first-order valence-electron chi connectivity index (χ1n) is 7.58. The van der Waals surface area contributed by atoms with E-state index >= 15 is 0 Å². The maximum Gasteiger partial charge on any atom is 0.407 e. The Morgan fingerprint density at radius 2 is 2.19 bits per heavy atom. The van der Waals surface area contributed by atoms with Crippen LogP contribution in [-0.2, 0) is 15.9 Å². The van der Waals surface area contributed by atoms with Gasteiger partial charge in [0.05, 0.1) is 26.4 Å². The second-order valence-corrected chi connectivity index (χ2v) is 5.56. The molecule has 2 aliphatic rings. The van der Waals surface area contributed by atoms with Gasteiger partial charge in [-0.3, -0.25) is 0 Å². The van der Waals surface area contributed by atoms with Gasteiger partial charge in [0.25, 0.3) is 0 Å². The summed E-state index contributed by atoms with van der Waals surface area (Å²) in [6.07, 6.45) is 2.79. The Morgan fingerprint density at radius 1 is 1.38 bits per heavy atom. The third kappa shape index (κ3) is 3.13. The highest BCUT2D eigenvalue weighted by molar-refractivity contribution is 5.68. The SMILES string of the molecule is COC(=O)NC1CCCc2ccc(N3CCOCC3)cc21. The molecule has 1 aromatic rings. The fourth-order valence-electron chi connectivity index (χ4n) is 3.16. The highest BCUT2D eigenvalue weighted by Gasteiger charge is 2.23. The van der Waals surface area contributed by atoms with Gasteiger partial charge in [-0.05, 0) is 42.5 Å². The minimum absolute atomic E-state index is 0.0576. The molecule has 3 rings (SSSR count). The van der Waals surface area contributed by atoms with Gasteiger partial charge in [0.15, 0.2) is 0 Å². The topological polar surface area (TPSA) is 50.8 Å². The van der Waals surface area contributed by atoms with Crippen LogP contribution in [0.1, 0.15) is 30.0 Å². The van der Waals surface area contributed by atoms with Crippen LogP contribution in [0.15, 0.2) is 18.2 Å². The van der Waals surface area contributed by atoms with Crippen molar-refractivity contribution >= 4 is 11.8 Å². The zero-order chi connectivity index (χ0) is 14.7. The van der Waals surface area contributed by atoms with Crippen LogP contribution >= 0.6 is 0 Å². The number of amides is 1. The van der Waals surface area contributed by atoms with E-state index in [2.05, 4.69) is 28.4 Å². The fraction of sp³-hybridized carbons (Fsp3) is 0.562. The van der Waals surface area contributed by atoms with E-state index in [1.54, 1.807) is 0 Å². The van der Waals surface area contributed by atoms with Crippen LogP contribution in [-0.4, -0.2) is 39.5 Å². The van der Waals surface area contributed by atoms with Crippen molar-refractivity contribution in [2.45, 2.75) is 25.3 Å². The minimum Gasteiger partial charge on any atom is -0.453 e. The molecule has 1 aromatic carbocycles. The Morgan fingerprint density at radius 3 is 2.95 bits per heavy atom. The second-order valence-electron chi connectivity index (χ2n) is 5.56. The number of fused-ring (bicyclic) bond motifs is 1. The number of rotatable bonds is 2. The third-order valence-corrected chi connectivity index (χ3v) is 4.30. The molecule has 0 saturated carbocycles. The number of methoxy groups -OCH3 is 1. The number of benzene rings is 1. The van der Waals surface area contributed by atoms with Gasteiger partial charge >= 0.3 is 6.09 Å². The van der Waals surface area contributed by atoms with Crippen LogP contribution in [0.4, 0.5) is 10.5 Å². The molecule has 1 fully saturated rings. The van der Waals surface area contributed by atoms with Crippen molar-refractivity contribution in [3.05, 3.63) is 29.3 Å². The molecule has 5 nitrogen and oxygen atoms in total. The van der Waals surface area contributed by atoms with Crippen LogP contribution in [0.5, 0.6) is 0 Å². The molecule has 1 aliphatic carbocycles. The van der Waals surface area contributed by atoms with E-state index in [4.69, 9.17) is 9.47 Å². The van der Waals surface area contributed by atoms with Gasteiger partial charge in [-0.15, -0.1) is 0 Å². The molecule has 0 spiro atoms. The van der Waals surface area contributed by atoms with Crippen LogP contribution < -0.4 is 10.2 Å². The summed E-state index contributed by atoms with van der Waals surface area (Å²) < 4.78 is 10.1. The lowest BCUT2D eigenvalue weighted by Crippen LogP contribution is -2.36. The highest BCUT2D eigenvalue weighted by Crippen LogP contribution is 2.33. The molecule has 1 heterocycles.